The number of halogens is 1. The Kier molecular flexibility index (Phi) is 4.81. The first-order valence-corrected chi connectivity index (χ1v) is 9.23. The van der Waals surface area contributed by atoms with Crippen LogP contribution in [0.3, 0.4) is 0 Å². The number of fused-ring (bicyclic) bond motifs is 2. The molecule has 2 heterocycles. The first-order valence-electron chi connectivity index (χ1n) is 7.79. The molecule has 2 aromatic carbocycles. The van der Waals surface area contributed by atoms with Crippen LogP contribution in [0.4, 0.5) is 5.69 Å². The zero-order valence-corrected chi connectivity index (χ0v) is 15.3. The number of sulfonamides is 1. The highest BCUT2D eigenvalue weighted by Crippen LogP contribution is 2.38. The third-order valence-electron chi connectivity index (χ3n) is 4.31. The zero-order chi connectivity index (χ0) is 16.7. The average Bonchev–Trinajstić information content (AvgIpc) is 2.90. The third-order valence-corrected chi connectivity index (χ3v) is 6.26. The molecular formula is C17H19ClN2O4S. The molecule has 0 saturated carbocycles. The van der Waals surface area contributed by atoms with Crippen LogP contribution in [0, 0.1) is 6.92 Å². The molecule has 2 aliphatic rings. The molecule has 6 nitrogen and oxygen atoms in total. The van der Waals surface area contributed by atoms with Crippen molar-refractivity contribution in [2.45, 2.75) is 18.4 Å². The van der Waals surface area contributed by atoms with E-state index in [1.165, 1.54) is 4.31 Å². The van der Waals surface area contributed by atoms with Crippen LogP contribution >= 0.6 is 12.4 Å². The van der Waals surface area contributed by atoms with Gasteiger partial charge >= 0.3 is 0 Å². The number of hydrogen-bond acceptors (Lipinski definition) is 5. The Morgan fingerprint density at radius 1 is 1.12 bits per heavy atom. The largest absolute Gasteiger partial charge is 0.454 e. The number of nitrogens with one attached hydrogen (secondary N) is 1. The van der Waals surface area contributed by atoms with Gasteiger partial charge < -0.3 is 14.8 Å². The number of nitrogens with zero attached hydrogens (tertiary/aromatic N) is 1. The van der Waals surface area contributed by atoms with E-state index >= 15 is 0 Å². The Bertz CT molecular complexity index is 902. The highest BCUT2D eigenvalue weighted by molar-refractivity contribution is 7.92. The van der Waals surface area contributed by atoms with Crippen LogP contribution in [0.25, 0.3) is 0 Å². The summed E-state index contributed by atoms with van der Waals surface area (Å²) in [6.45, 7) is 3.53. The van der Waals surface area contributed by atoms with Crippen molar-refractivity contribution in [3.8, 4) is 11.5 Å². The molecule has 0 bridgehead atoms. The molecule has 2 aliphatic heterocycles. The van der Waals surface area contributed by atoms with E-state index in [0.717, 1.165) is 11.3 Å². The maximum atomic E-state index is 13.3. The molecule has 134 valence electrons. The number of hydrogen-bond donors (Lipinski definition) is 1. The van der Waals surface area contributed by atoms with Gasteiger partial charge in [0, 0.05) is 25.7 Å². The number of para-hydroxylation sites is 1. The average molecular weight is 383 g/mol. The predicted octanol–water partition coefficient (Wildman–Crippen LogP) is 2.44. The van der Waals surface area contributed by atoms with Gasteiger partial charge in [-0.3, -0.25) is 4.31 Å². The predicted molar refractivity (Wildman–Crippen MR) is 97.2 cm³/mol. The molecule has 2 aromatic rings. The first kappa shape index (κ1) is 17.8. The van der Waals surface area contributed by atoms with Gasteiger partial charge in [-0.25, -0.2) is 8.42 Å². The van der Waals surface area contributed by atoms with E-state index in [2.05, 4.69) is 5.32 Å². The van der Waals surface area contributed by atoms with Crippen molar-refractivity contribution in [3.63, 3.8) is 0 Å². The smallest absolute Gasteiger partial charge is 0.264 e. The van der Waals surface area contributed by atoms with Gasteiger partial charge in [-0.05, 0) is 30.2 Å². The maximum Gasteiger partial charge on any atom is 0.264 e. The van der Waals surface area contributed by atoms with Crippen LogP contribution in [0.5, 0.6) is 11.5 Å². The Morgan fingerprint density at radius 2 is 1.84 bits per heavy atom. The number of anilines is 1. The van der Waals surface area contributed by atoms with E-state index < -0.39 is 10.0 Å². The summed E-state index contributed by atoms with van der Waals surface area (Å²) in [5.74, 6) is 1.06. The van der Waals surface area contributed by atoms with Gasteiger partial charge in [-0.2, -0.15) is 0 Å². The number of aryl methyl sites for hydroxylation is 1. The van der Waals surface area contributed by atoms with Crippen LogP contribution in [-0.4, -0.2) is 28.3 Å². The summed E-state index contributed by atoms with van der Waals surface area (Å²) < 4.78 is 38.8. The van der Waals surface area contributed by atoms with Crippen LogP contribution in [0.1, 0.15) is 11.1 Å². The zero-order valence-electron chi connectivity index (χ0n) is 13.7. The number of ether oxygens (including phenoxy) is 2. The van der Waals surface area contributed by atoms with Gasteiger partial charge in [0.05, 0.1) is 10.6 Å². The fourth-order valence-corrected chi connectivity index (χ4v) is 4.83. The van der Waals surface area contributed by atoms with E-state index in [1.807, 2.05) is 24.3 Å². The summed E-state index contributed by atoms with van der Waals surface area (Å²) in [4.78, 5) is 0.253. The number of rotatable bonds is 2. The summed E-state index contributed by atoms with van der Waals surface area (Å²) >= 11 is 0. The van der Waals surface area contributed by atoms with E-state index in [0.29, 0.717) is 36.7 Å². The molecule has 4 rings (SSSR count). The van der Waals surface area contributed by atoms with E-state index in [9.17, 15) is 8.42 Å². The minimum absolute atomic E-state index is 0. The highest BCUT2D eigenvalue weighted by atomic mass is 35.5. The minimum Gasteiger partial charge on any atom is -0.454 e. The lowest BCUT2D eigenvalue weighted by Crippen LogP contribution is -2.35. The summed E-state index contributed by atoms with van der Waals surface area (Å²) in [6, 6.07) is 10.9. The fourth-order valence-electron chi connectivity index (χ4n) is 3.10. The molecular weight excluding hydrogens is 364 g/mol. The normalized spacial score (nSPS) is 16.0. The van der Waals surface area contributed by atoms with Crippen molar-refractivity contribution in [1.82, 2.24) is 5.32 Å². The van der Waals surface area contributed by atoms with Crippen molar-refractivity contribution in [2.75, 3.05) is 24.2 Å². The van der Waals surface area contributed by atoms with Crippen molar-refractivity contribution in [1.29, 1.82) is 0 Å². The summed E-state index contributed by atoms with van der Waals surface area (Å²) in [7, 11) is -3.69. The van der Waals surface area contributed by atoms with E-state index in [4.69, 9.17) is 9.47 Å². The molecule has 0 spiro atoms. The standard InChI is InChI=1S/C17H18N2O4S.ClH/c1-12-8-15-16(23-11-22-15)9-17(12)24(20,21)19-7-6-18-10-13-4-2-3-5-14(13)19;/h2-5,8-9,18H,6-7,10-11H2,1H3;1H. The Hall–Kier alpha value is -1.96. The molecule has 0 aliphatic carbocycles. The quantitative estimate of drug-likeness (QED) is 0.864. The van der Waals surface area contributed by atoms with Crippen molar-refractivity contribution in [2.24, 2.45) is 0 Å². The number of benzene rings is 2. The molecule has 8 heteroatoms. The monoisotopic (exact) mass is 382 g/mol. The van der Waals surface area contributed by atoms with Crippen LogP contribution in [0.2, 0.25) is 0 Å². The van der Waals surface area contributed by atoms with Gasteiger partial charge in [0.1, 0.15) is 0 Å². The second kappa shape index (κ2) is 6.74. The molecule has 25 heavy (non-hydrogen) atoms. The molecule has 0 saturated heterocycles. The molecule has 0 radical (unpaired) electrons. The van der Waals surface area contributed by atoms with Crippen LogP contribution in [0.15, 0.2) is 41.3 Å². The molecule has 1 N–H and O–H groups in total. The Labute approximate surface area is 153 Å². The van der Waals surface area contributed by atoms with Gasteiger partial charge in [-0.1, -0.05) is 18.2 Å². The summed E-state index contributed by atoms with van der Waals surface area (Å²) in [5.41, 5.74) is 2.34. The lowest BCUT2D eigenvalue weighted by Gasteiger charge is -2.25. The lowest BCUT2D eigenvalue weighted by atomic mass is 10.2. The van der Waals surface area contributed by atoms with Gasteiger partial charge in [0.15, 0.2) is 11.5 Å². The van der Waals surface area contributed by atoms with Crippen LogP contribution < -0.4 is 19.1 Å². The first-order chi connectivity index (χ1) is 11.6. The second-order valence-electron chi connectivity index (χ2n) is 5.85. The Balaban J connectivity index is 0.00000182. The lowest BCUT2D eigenvalue weighted by molar-refractivity contribution is 0.174. The van der Waals surface area contributed by atoms with Crippen molar-refractivity contribution in [3.05, 3.63) is 47.5 Å². The van der Waals surface area contributed by atoms with Gasteiger partial charge in [-0.15, -0.1) is 12.4 Å². The SMILES string of the molecule is Cc1cc2c(cc1S(=O)(=O)N1CCNCc3ccccc31)OCO2.Cl. The van der Waals surface area contributed by atoms with Crippen molar-refractivity contribution < 1.29 is 17.9 Å². The van der Waals surface area contributed by atoms with E-state index in [1.54, 1.807) is 19.1 Å². The van der Waals surface area contributed by atoms with E-state index in [-0.39, 0.29) is 24.1 Å². The maximum absolute atomic E-state index is 13.3. The molecule has 0 fully saturated rings. The van der Waals surface area contributed by atoms with Crippen LogP contribution in [-0.2, 0) is 16.6 Å². The van der Waals surface area contributed by atoms with Gasteiger partial charge in [0.2, 0.25) is 6.79 Å². The third kappa shape index (κ3) is 3.03. The summed E-state index contributed by atoms with van der Waals surface area (Å²) in [6.07, 6.45) is 0. The molecule has 0 atom stereocenters. The molecule has 0 unspecified atom stereocenters. The minimum atomic E-state index is -3.69. The van der Waals surface area contributed by atoms with Gasteiger partial charge in [0.25, 0.3) is 10.0 Å². The fraction of sp³-hybridized carbons (Fsp3) is 0.294. The highest BCUT2D eigenvalue weighted by Gasteiger charge is 2.31. The second-order valence-corrected chi connectivity index (χ2v) is 7.68. The molecule has 0 amide bonds. The summed E-state index contributed by atoms with van der Waals surface area (Å²) in [5, 5.41) is 3.26. The van der Waals surface area contributed by atoms with Crippen molar-refractivity contribution >= 4 is 28.1 Å². The molecule has 0 aromatic heterocycles. The Morgan fingerprint density at radius 3 is 2.64 bits per heavy atom. The topological polar surface area (TPSA) is 67.9 Å².